The second-order valence-electron chi connectivity index (χ2n) is 16.4. The lowest BCUT2D eigenvalue weighted by Crippen LogP contribution is -2.58. The summed E-state index contributed by atoms with van der Waals surface area (Å²) in [4.78, 5) is 1.34. The van der Waals surface area contributed by atoms with Gasteiger partial charge in [0.15, 0.2) is 116 Å². The molecule has 1 nitrogen and oxygen atoms in total. The minimum Gasteiger partial charge on any atom is -0.309 e. The number of hydrogen-bond donors (Lipinski definition) is 0. The number of halogens is 20. The van der Waals surface area contributed by atoms with Gasteiger partial charge < -0.3 is 4.90 Å². The molecule has 1 heterocycles. The minimum absolute atomic E-state index is 0.0385. The van der Waals surface area contributed by atoms with Gasteiger partial charge in [-0.25, -0.2) is 87.8 Å². The highest BCUT2D eigenvalue weighted by Gasteiger charge is 2.44. The molecule has 9 aromatic carbocycles. The average molecular weight is 1030 g/mol. The predicted octanol–water partition coefficient (Wildman–Crippen LogP) is 11.3. The molecular weight excluding hydrogens is 1020 g/mol. The molecule has 0 aromatic heterocycles. The van der Waals surface area contributed by atoms with Crippen LogP contribution in [0.1, 0.15) is 0 Å². The maximum Gasteiger partial charge on any atom is 0.257 e. The van der Waals surface area contributed by atoms with Gasteiger partial charge in [0.25, 0.3) is 13.4 Å². The fraction of sp³-hybridized carbons (Fsp3) is 0. The van der Waals surface area contributed by atoms with Crippen molar-refractivity contribution in [1.82, 2.24) is 0 Å². The van der Waals surface area contributed by atoms with Crippen LogP contribution >= 0.6 is 0 Å². The lowest BCUT2D eigenvalue weighted by molar-refractivity contribution is 0.382. The molecule has 0 amide bonds. The molecule has 9 aromatic rings. The van der Waals surface area contributed by atoms with Crippen molar-refractivity contribution in [3.63, 3.8) is 0 Å². The number of fused-ring (bicyclic) bond motifs is 4. The SMILES string of the molecule is Fc1c(F)c(F)c(B(c2ccc3c(c2)N(c2ccccc2)c2cccc4c2c-3cc2ccc(B(c3c(F)c(F)c(F)c(F)c3F)c3c(F)c(F)c(F)c(F)c3F)cc24)c2c(F)c(F)c(F)c(F)c2F)c(F)c1F. The molecule has 73 heavy (non-hydrogen) atoms. The lowest BCUT2D eigenvalue weighted by atomic mass is 9.36. The summed E-state index contributed by atoms with van der Waals surface area (Å²) in [5.74, 6) is -53.6. The Labute approximate surface area is 395 Å². The van der Waals surface area contributed by atoms with Crippen LogP contribution in [0, 0.1) is 116 Å². The van der Waals surface area contributed by atoms with E-state index in [1.807, 2.05) is 0 Å². The summed E-state index contributed by atoms with van der Waals surface area (Å²) < 4.78 is 302. The Kier molecular flexibility index (Phi) is 11.6. The van der Waals surface area contributed by atoms with Crippen molar-refractivity contribution in [2.24, 2.45) is 0 Å². The standard InChI is InChI=1S/C50H15B2F20N/c53-31-27(32(54)40(62)47(69)39(31)61)51(28-33(55)41(63)48(70)42(64)34(28)56)17-10-9-16-13-23-20-12-11-18(15-25(20)73(19-5-2-1-3-6-19)24-8-4-7-21(26(23)24)22(16)14-17)52(29-35(57)43(65)49(71)44(66)36(29)58)30-37(59)45(67)50(72)46(68)38(30)60/h1-15H. The van der Waals surface area contributed by atoms with Crippen LogP contribution in [-0.2, 0) is 0 Å². The van der Waals surface area contributed by atoms with Crippen molar-refractivity contribution >= 4 is 84.8 Å². The Morgan fingerprint density at radius 3 is 1.05 bits per heavy atom. The topological polar surface area (TPSA) is 3.24 Å². The van der Waals surface area contributed by atoms with Gasteiger partial charge in [-0.05, 0) is 52.1 Å². The normalized spacial score (nSPS) is 12.1. The van der Waals surface area contributed by atoms with Gasteiger partial charge in [-0.1, -0.05) is 71.6 Å². The maximum absolute atomic E-state index is 15.8. The smallest absolute Gasteiger partial charge is 0.257 e. The van der Waals surface area contributed by atoms with Gasteiger partial charge in [-0.2, -0.15) is 0 Å². The van der Waals surface area contributed by atoms with Crippen molar-refractivity contribution in [2.45, 2.75) is 0 Å². The first kappa shape index (κ1) is 48.6. The van der Waals surface area contributed by atoms with Gasteiger partial charge in [0.2, 0.25) is 0 Å². The first-order valence-corrected chi connectivity index (χ1v) is 20.6. The van der Waals surface area contributed by atoms with E-state index >= 15 is 35.1 Å². The second kappa shape index (κ2) is 17.4. The van der Waals surface area contributed by atoms with E-state index in [0.717, 1.165) is 36.4 Å². The van der Waals surface area contributed by atoms with Gasteiger partial charge in [-0.3, -0.25) is 0 Å². The highest BCUT2D eigenvalue weighted by Crippen LogP contribution is 2.52. The third kappa shape index (κ3) is 6.97. The predicted molar refractivity (Wildman–Crippen MR) is 229 cm³/mol. The summed E-state index contributed by atoms with van der Waals surface area (Å²) >= 11 is 0. The third-order valence-electron chi connectivity index (χ3n) is 12.6. The largest absolute Gasteiger partial charge is 0.309 e. The molecular formula is C50H15B2F20N. The second-order valence-corrected chi connectivity index (χ2v) is 16.4. The molecule has 0 aliphatic carbocycles. The molecule has 0 N–H and O–H groups in total. The van der Waals surface area contributed by atoms with E-state index in [-0.39, 0.29) is 49.7 Å². The van der Waals surface area contributed by atoms with Crippen molar-refractivity contribution in [2.75, 3.05) is 4.90 Å². The van der Waals surface area contributed by atoms with Gasteiger partial charge in [0.1, 0.15) is 0 Å². The molecule has 1 aliphatic rings. The van der Waals surface area contributed by atoms with Crippen LogP contribution in [0.4, 0.5) is 105 Å². The summed E-state index contributed by atoms with van der Waals surface area (Å²) in [6.45, 7) is -5.96. The summed E-state index contributed by atoms with van der Waals surface area (Å²) in [6, 6.07) is 18.4. The molecule has 366 valence electrons. The van der Waals surface area contributed by atoms with E-state index < -0.39 is 163 Å². The Hall–Kier alpha value is -7.97. The first-order chi connectivity index (χ1) is 34.6. The number of benzene rings is 9. The number of anilines is 3. The van der Waals surface area contributed by atoms with Crippen molar-refractivity contribution < 1.29 is 87.8 Å². The monoisotopic (exact) mass is 1030 g/mol. The molecule has 0 saturated carbocycles. The Bertz CT molecular complexity index is 3650. The van der Waals surface area contributed by atoms with Crippen LogP contribution in [0.5, 0.6) is 0 Å². The summed E-state index contributed by atoms with van der Waals surface area (Å²) in [7, 11) is 0. The number of hydrogen-bond acceptors (Lipinski definition) is 1. The van der Waals surface area contributed by atoms with E-state index in [2.05, 4.69) is 0 Å². The Morgan fingerprint density at radius 2 is 0.644 bits per heavy atom. The van der Waals surface area contributed by atoms with E-state index in [1.165, 1.54) is 59.5 Å². The van der Waals surface area contributed by atoms with Crippen LogP contribution in [0.3, 0.4) is 0 Å². The van der Waals surface area contributed by atoms with Crippen LogP contribution in [-0.4, -0.2) is 13.4 Å². The molecule has 0 radical (unpaired) electrons. The summed E-state index contributed by atoms with van der Waals surface area (Å²) in [6.07, 6.45) is 0. The van der Waals surface area contributed by atoms with E-state index in [0.29, 0.717) is 0 Å². The number of para-hydroxylation sites is 1. The summed E-state index contributed by atoms with van der Waals surface area (Å²) in [5.41, 5.74) is -9.46. The zero-order chi connectivity index (χ0) is 52.5. The fourth-order valence-electron chi connectivity index (χ4n) is 9.37. The van der Waals surface area contributed by atoms with Gasteiger partial charge >= 0.3 is 0 Å². The molecule has 0 unspecified atom stereocenters. The highest BCUT2D eigenvalue weighted by atomic mass is 19.2. The maximum atomic E-state index is 15.8. The van der Waals surface area contributed by atoms with Crippen molar-refractivity contribution in [1.29, 1.82) is 0 Å². The van der Waals surface area contributed by atoms with E-state index in [9.17, 15) is 52.7 Å². The molecule has 0 atom stereocenters. The number of nitrogens with zero attached hydrogens (tertiary/aromatic N) is 1. The molecule has 10 rings (SSSR count). The van der Waals surface area contributed by atoms with E-state index in [4.69, 9.17) is 0 Å². The zero-order valence-corrected chi connectivity index (χ0v) is 35.3. The van der Waals surface area contributed by atoms with Crippen molar-refractivity contribution in [3.8, 4) is 11.1 Å². The van der Waals surface area contributed by atoms with Crippen LogP contribution in [0.2, 0.25) is 0 Å². The number of rotatable bonds is 7. The molecule has 0 saturated heterocycles. The van der Waals surface area contributed by atoms with Crippen LogP contribution in [0.25, 0.3) is 32.7 Å². The molecule has 23 heteroatoms. The lowest BCUT2D eigenvalue weighted by Gasteiger charge is -2.35. The Morgan fingerprint density at radius 1 is 0.274 bits per heavy atom. The van der Waals surface area contributed by atoms with E-state index in [1.54, 1.807) is 0 Å². The molecule has 0 bridgehead atoms. The average Bonchev–Trinajstić information content (AvgIpc) is 3.40. The quantitative estimate of drug-likeness (QED) is 0.0506. The molecule has 0 fully saturated rings. The summed E-state index contributed by atoms with van der Waals surface area (Å²) in [5, 5.41) is 0.176. The third-order valence-corrected chi connectivity index (χ3v) is 12.6. The van der Waals surface area contributed by atoms with Gasteiger partial charge in [0, 0.05) is 38.5 Å². The minimum atomic E-state index is -2.99. The zero-order valence-electron chi connectivity index (χ0n) is 35.3. The van der Waals surface area contributed by atoms with Crippen molar-refractivity contribution in [3.05, 3.63) is 207 Å². The van der Waals surface area contributed by atoms with Crippen LogP contribution < -0.4 is 37.7 Å². The van der Waals surface area contributed by atoms with Gasteiger partial charge in [-0.15, -0.1) is 0 Å². The first-order valence-electron chi connectivity index (χ1n) is 20.6. The highest BCUT2D eigenvalue weighted by molar-refractivity contribution is 6.96. The Balaban J connectivity index is 1.27. The molecule has 0 spiro atoms. The molecule has 1 aliphatic heterocycles. The van der Waals surface area contributed by atoms with Crippen LogP contribution in [0.15, 0.2) is 91.0 Å². The fourth-order valence-corrected chi connectivity index (χ4v) is 9.37. The van der Waals surface area contributed by atoms with Gasteiger partial charge in [0.05, 0.1) is 11.4 Å².